The van der Waals surface area contributed by atoms with Gasteiger partial charge in [0.15, 0.2) is 0 Å². The minimum absolute atomic E-state index is 0.0381. The lowest BCUT2D eigenvalue weighted by Crippen LogP contribution is -2.48. The van der Waals surface area contributed by atoms with Crippen molar-refractivity contribution in [1.82, 2.24) is 5.32 Å². The Labute approximate surface area is 97.2 Å². The van der Waals surface area contributed by atoms with E-state index < -0.39 is 5.41 Å². The van der Waals surface area contributed by atoms with Gasteiger partial charge in [-0.1, -0.05) is 19.8 Å². The molecule has 0 atom stereocenters. The van der Waals surface area contributed by atoms with Gasteiger partial charge in [0, 0.05) is 6.54 Å². The van der Waals surface area contributed by atoms with E-state index in [1.165, 1.54) is 19.3 Å². The lowest BCUT2D eigenvalue weighted by atomic mass is 9.63. The molecule has 2 aliphatic rings. The van der Waals surface area contributed by atoms with E-state index in [9.17, 15) is 4.79 Å². The van der Waals surface area contributed by atoms with Crippen molar-refractivity contribution in [3.05, 3.63) is 0 Å². The largest absolute Gasteiger partial charge is 0.355 e. The van der Waals surface area contributed by atoms with Gasteiger partial charge >= 0.3 is 0 Å². The average molecular weight is 220 g/mol. The van der Waals surface area contributed by atoms with Crippen molar-refractivity contribution in [3.8, 4) is 6.07 Å². The second kappa shape index (κ2) is 4.45. The zero-order valence-corrected chi connectivity index (χ0v) is 9.96. The zero-order valence-electron chi connectivity index (χ0n) is 9.96. The molecule has 3 nitrogen and oxygen atoms in total. The number of nitrogens with zero attached hydrogens (tertiary/aromatic N) is 1. The first-order valence-corrected chi connectivity index (χ1v) is 6.36. The van der Waals surface area contributed by atoms with Crippen molar-refractivity contribution < 1.29 is 4.79 Å². The van der Waals surface area contributed by atoms with Crippen LogP contribution in [0.3, 0.4) is 0 Å². The third-order valence-corrected chi connectivity index (χ3v) is 3.81. The van der Waals surface area contributed by atoms with Crippen molar-refractivity contribution in [2.75, 3.05) is 6.54 Å². The summed E-state index contributed by atoms with van der Waals surface area (Å²) < 4.78 is 0. The summed E-state index contributed by atoms with van der Waals surface area (Å²) in [5.74, 6) is 1.41. The van der Waals surface area contributed by atoms with Crippen molar-refractivity contribution in [1.29, 1.82) is 5.26 Å². The second-order valence-electron chi connectivity index (χ2n) is 5.55. The minimum atomic E-state index is -0.695. The van der Waals surface area contributed by atoms with E-state index in [0.717, 1.165) is 31.7 Å². The third-order valence-electron chi connectivity index (χ3n) is 3.81. The molecule has 0 radical (unpaired) electrons. The highest BCUT2D eigenvalue weighted by Crippen LogP contribution is 2.45. The van der Waals surface area contributed by atoms with Gasteiger partial charge in [0.25, 0.3) is 0 Å². The van der Waals surface area contributed by atoms with Crippen LogP contribution < -0.4 is 5.32 Å². The fourth-order valence-corrected chi connectivity index (χ4v) is 2.63. The fourth-order valence-electron chi connectivity index (χ4n) is 2.63. The molecule has 2 rings (SSSR count). The summed E-state index contributed by atoms with van der Waals surface area (Å²) in [6.07, 6.45) is 6.50. The summed E-state index contributed by atoms with van der Waals surface area (Å²) in [5, 5.41) is 12.0. The van der Waals surface area contributed by atoms with Crippen molar-refractivity contribution in [2.45, 2.75) is 45.4 Å². The van der Waals surface area contributed by atoms with E-state index in [1.54, 1.807) is 0 Å². The number of carbonyl (C=O) groups excluding carboxylic acids is 1. The molecule has 0 aromatic heterocycles. The fraction of sp³-hybridized carbons (Fsp3) is 0.846. The average Bonchev–Trinajstić information content (AvgIpc) is 3.03. The number of amides is 1. The monoisotopic (exact) mass is 220 g/mol. The topological polar surface area (TPSA) is 52.9 Å². The summed E-state index contributed by atoms with van der Waals surface area (Å²) in [5.41, 5.74) is -0.695. The van der Waals surface area contributed by atoms with Gasteiger partial charge in [0.2, 0.25) is 5.91 Å². The van der Waals surface area contributed by atoms with E-state index in [-0.39, 0.29) is 5.91 Å². The molecular formula is C13H20N2O. The molecule has 3 heteroatoms. The molecule has 0 aliphatic heterocycles. The third kappa shape index (κ3) is 2.37. The second-order valence-corrected chi connectivity index (χ2v) is 5.55. The summed E-state index contributed by atoms with van der Waals surface area (Å²) in [4.78, 5) is 11.9. The summed E-state index contributed by atoms with van der Waals surface area (Å²) >= 11 is 0. The zero-order chi connectivity index (χ0) is 11.6. The Balaban J connectivity index is 1.68. The van der Waals surface area contributed by atoms with E-state index in [2.05, 4.69) is 18.3 Å². The van der Waals surface area contributed by atoms with Crippen LogP contribution in [0.5, 0.6) is 0 Å². The van der Waals surface area contributed by atoms with Gasteiger partial charge in [-0.15, -0.1) is 0 Å². The van der Waals surface area contributed by atoms with Crippen LogP contribution in [0.25, 0.3) is 0 Å². The molecule has 1 amide bonds. The van der Waals surface area contributed by atoms with E-state index in [1.807, 2.05) is 0 Å². The molecule has 0 spiro atoms. The Bertz CT molecular complexity index is 308. The first-order chi connectivity index (χ1) is 7.66. The quantitative estimate of drug-likeness (QED) is 0.722. The highest BCUT2D eigenvalue weighted by molar-refractivity contribution is 5.86. The van der Waals surface area contributed by atoms with Crippen LogP contribution in [0, 0.1) is 28.6 Å². The Kier molecular flexibility index (Phi) is 3.18. The molecule has 1 N–H and O–H groups in total. The normalized spacial score (nSPS) is 32.6. The summed E-state index contributed by atoms with van der Waals surface area (Å²) in [6, 6.07) is 2.20. The van der Waals surface area contributed by atoms with E-state index >= 15 is 0 Å². The SMILES string of the molecule is CC1CC(C#N)(C(=O)NCCCC2CC2)C1. The summed E-state index contributed by atoms with van der Waals surface area (Å²) in [6.45, 7) is 2.84. The first-order valence-electron chi connectivity index (χ1n) is 6.36. The van der Waals surface area contributed by atoms with Crippen LogP contribution in [0.1, 0.15) is 45.4 Å². The molecule has 16 heavy (non-hydrogen) atoms. The molecule has 0 heterocycles. The van der Waals surface area contributed by atoms with Crippen LogP contribution in [0.2, 0.25) is 0 Å². The molecule has 0 aromatic carbocycles. The number of nitriles is 1. The van der Waals surface area contributed by atoms with Gasteiger partial charge in [0.1, 0.15) is 5.41 Å². The maximum absolute atomic E-state index is 11.9. The molecular weight excluding hydrogens is 200 g/mol. The maximum atomic E-state index is 11.9. The molecule has 2 fully saturated rings. The number of hydrogen-bond donors (Lipinski definition) is 1. The number of nitrogens with one attached hydrogen (secondary N) is 1. The Morgan fingerprint density at radius 1 is 1.50 bits per heavy atom. The predicted molar refractivity (Wildman–Crippen MR) is 61.4 cm³/mol. The van der Waals surface area contributed by atoms with Crippen molar-refractivity contribution in [2.24, 2.45) is 17.3 Å². The van der Waals surface area contributed by atoms with Crippen LogP contribution in [-0.2, 0) is 4.79 Å². The summed E-state index contributed by atoms with van der Waals surface area (Å²) in [7, 11) is 0. The smallest absolute Gasteiger partial charge is 0.240 e. The standard InChI is InChI=1S/C13H20N2O/c1-10-7-13(8-10,9-14)12(16)15-6-2-3-11-4-5-11/h10-11H,2-8H2,1H3,(H,15,16). The molecule has 0 saturated heterocycles. The lowest BCUT2D eigenvalue weighted by molar-refractivity contribution is -0.133. The molecule has 0 unspecified atom stereocenters. The highest BCUT2D eigenvalue weighted by Gasteiger charge is 2.48. The Morgan fingerprint density at radius 2 is 2.19 bits per heavy atom. The van der Waals surface area contributed by atoms with Crippen LogP contribution in [0.15, 0.2) is 0 Å². The Hall–Kier alpha value is -1.04. The predicted octanol–water partition coefficient (Wildman–Crippen LogP) is 2.23. The number of rotatable bonds is 5. The highest BCUT2D eigenvalue weighted by atomic mass is 16.2. The number of hydrogen-bond acceptors (Lipinski definition) is 2. The van der Waals surface area contributed by atoms with Gasteiger partial charge in [-0.2, -0.15) is 5.26 Å². The van der Waals surface area contributed by atoms with Crippen LogP contribution in [-0.4, -0.2) is 12.5 Å². The van der Waals surface area contributed by atoms with Gasteiger partial charge in [-0.25, -0.2) is 0 Å². The molecule has 0 aromatic rings. The first kappa shape index (κ1) is 11.4. The number of carbonyl (C=O) groups is 1. The molecule has 2 saturated carbocycles. The van der Waals surface area contributed by atoms with E-state index in [4.69, 9.17) is 5.26 Å². The maximum Gasteiger partial charge on any atom is 0.240 e. The van der Waals surface area contributed by atoms with E-state index in [0.29, 0.717) is 5.92 Å². The van der Waals surface area contributed by atoms with Crippen molar-refractivity contribution >= 4 is 5.91 Å². The van der Waals surface area contributed by atoms with Crippen molar-refractivity contribution in [3.63, 3.8) is 0 Å². The minimum Gasteiger partial charge on any atom is -0.355 e. The van der Waals surface area contributed by atoms with Gasteiger partial charge < -0.3 is 5.32 Å². The van der Waals surface area contributed by atoms with Gasteiger partial charge in [-0.05, 0) is 37.5 Å². The Morgan fingerprint density at radius 3 is 2.69 bits per heavy atom. The molecule has 2 aliphatic carbocycles. The molecule has 0 bridgehead atoms. The lowest BCUT2D eigenvalue weighted by Gasteiger charge is -2.39. The van der Waals surface area contributed by atoms with Gasteiger partial charge in [-0.3, -0.25) is 4.79 Å². The van der Waals surface area contributed by atoms with Crippen LogP contribution in [0.4, 0.5) is 0 Å². The van der Waals surface area contributed by atoms with Crippen LogP contribution >= 0.6 is 0 Å². The van der Waals surface area contributed by atoms with Gasteiger partial charge in [0.05, 0.1) is 6.07 Å². The molecule has 88 valence electrons.